The van der Waals surface area contributed by atoms with E-state index in [1.54, 1.807) is 26.0 Å². The van der Waals surface area contributed by atoms with Gasteiger partial charge >= 0.3 is 12.1 Å². The molecule has 2 N–H and O–H groups in total. The Labute approximate surface area is 227 Å². The number of amides is 1. The SMILES string of the molecule is CC(C)OC(=O)c1c(NC(=O)c2nn3c(c2Br)N[C@H](c2cccs2)C[C@H]3C(F)(F)F)sc2c1CCCC2. The van der Waals surface area contributed by atoms with E-state index in [-0.39, 0.29) is 28.5 Å². The largest absolute Gasteiger partial charge is 0.459 e. The predicted molar refractivity (Wildman–Crippen MR) is 140 cm³/mol. The van der Waals surface area contributed by atoms with Crippen LogP contribution in [0, 0.1) is 0 Å². The monoisotopic (exact) mass is 616 g/mol. The number of thiophene rings is 2. The van der Waals surface area contributed by atoms with Gasteiger partial charge in [-0.1, -0.05) is 6.07 Å². The molecule has 1 amide bonds. The minimum atomic E-state index is -4.56. The molecule has 0 saturated carbocycles. The summed E-state index contributed by atoms with van der Waals surface area (Å²) in [5, 5.41) is 12.1. The Morgan fingerprint density at radius 1 is 1.30 bits per heavy atom. The molecule has 7 nitrogen and oxygen atoms in total. The third kappa shape index (κ3) is 5.05. The lowest BCUT2D eigenvalue weighted by molar-refractivity contribution is -0.173. The van der Waals surface area contributed by atoms with Crippen molar-refractivity contribution < 1.29 is 27.5 Å². The van der Waals surface area contributed by atoms with Crippen LogP contribution < -0.4 is 10.6 Å². The second kappa shape index (κ2) is 10.1. The summed E-state index contributed by atoms with van der Waals surface area (Å²) in [6, 6.07) is 1.08. The van der Waals surface area contributed by atoms with Gasteiger partial charge < -0.3 is 15.4 Å². The van der Waals surface area contributed by atoms with E-state index in [1.165, 1.54) is 22.7 Å². The zero-order valence-corrected chi connectivity index (χ0v) is 23.2. The summed E-state index contributed by atoms with van der Waals surface area (Å²) in [6.07, 6.45) is -1.76. The van der Waals surface area contributed by atoms with Crippen LogP contribution in [0.3, 0.4) is 0 Å². The van der Waals surface area contributed by atoms with E-state index >= 15 is 0 Å². The van der Waals surface area contributed by atoms with Crippen molar-refractivity contribution in [2.24, 2.45) is 0 Å². The summed E-state index contributed by atoms with van der Waals surface area (Å²) < 4.78 is 48.5. The first-order chi connectivity index (χ1) is 17.5. The molecule has 5 rings (SSSR count). The maximum atomic E-state index is 14.1. The van der Waals surface area contributed by atoms with Crippen LogP contribution >= 0.6 is 38.6 Å². The second-order valence-electron chi connectivity index (χ2n) is 9.28. The van der Waals surface area contributed by atoms with Gasteiger partial charge in [-0.2, -0.15) is 18.3 Å². The molecular weight excluding hydrogens is 593 g/mol. The highest BCUT2D eigenvalue weighted by molar-refractivity contribution is 9.10. The van der Waals surface area contributed by atoms with Crippen LogP contribution in [0.25, 0.3) is 0 Å². The standard InChI is InChI=1S/C24H24BrF3N4O3S2/c1-11(2)35-23(34)17-12-6-3-4-7-14(12)37-22(17)30-21(33)19-18(25)20-29-13(15-8-5-9-36-15)10-16(24(26,27)28)32(20)31-19/h5,8-9,11,13,16,29H,3-4,6-7,10H2,1-2H3,(H,30,33)/t13-,16-/m0/s1. The third-order valence-corrected chi connectivity index (χ3v) is 9.29. The summed E-state index contributed by atoms with van der Waals surface area (Å²) in [5.74, 6) is -1.14. The van der Waals surface area contributed by atoms with E-state index in [1.807, 2.05) is 5.38 Å². The first-order valence-corrected chi connectivity index (χ1v) is 14.3. The maximum Gasteiger partial charge on any atom is 0.410 e. The van der Waals surface area contributed by atoms with Gasteiger partial charge in [-0.15, -0.1) is 22.7 Å². The van der Waals surface area contributed by atoms with Crippen LogP contribution in [-0.2, 0) is 17.6 Å². The molecule has 3 aromatic heterocycles. The van der Waals surface area contributed by atoms with Gasteiger partial charge in [-0.3, -0.25) is 4.79 Å². The summed E-state index contributed by atoms with van der Waals surface area (Å²) in [6.45, 7) is 3.49. The van der Waals surface area contributed by atoms with Crippen LogP contribution in [-0.4, -0.2) is 33.9 Å². The Bertz CT molecular complexity index is 1330. The number of nitrogens with one attached hydrogen (secondary N) is 2. The Kier molecular flexibility index (Phi) is 7.14. The summed E-state index contributed by atoms with van der Waals surface area (Å²) in [7, 11) is 0. The van der Waals surface area contributed by atoms with Crippen molar-refractivity contribution in [2.75, 3.05) is 10.6 Å². The lowest BCUT2D eigenvalue weighted by Crippen LogP contribution is -2.35. The molecule has 0 saturated heterocycles. The van der Waals surface area contributed by atoms with E-state index in [0.29, 0.717) is 17.0 Å². The van der Waals surface area contributed by atoms with Crippen molar-refractivity contribution in [3.63, 3.8) is 0 Å². The molecule has 4 heterocycles. The van der Waals surface area contributed by atoms with Gasteiger partial charge in [-0.25, -0.2) is 9.48 Å². The lowest BCUT2D eigenvalue weighted by Gasteiger charge is -2.33. The summed E-state index contributed by atoms with van der Waals surface area (Å²) in [5.41, 5.74) is 1.00. The third-order valence-electron chi connectivity index (χ3n) is 6.34. The molecule has 0 bridgehead atoms. The highest BCUT2D eigenvalue weighted by atomic mass is 79.9. The zero-order chi connectivity index (χ0) is 26.5. The van der Waals surface area contributed by atoms with Crippen molar-refractivity contribution in [1.29, 1.82) is 0 Å². The van der Waals surface area contributed by atoms with E-state index in [2.05, 4.69) is 31.7 Å². The summed E-state index contributed by atoms with van der Waals surface area (Å²) >= 11 is 5.98. The van der Waals surface area contributed by atoms with Crippen LogP contribution in [0.2, 0.25) is 0 Å². The number of ether oxygens (including phenoxy) is 1. The van der Waals surface area contributed by atoms with Crippen LogP contribution in [0.5, 0.6) is 0 Å². The first kappa shape index (κ1) is 26.2. The minimum absolute atomic E-state index is 0.0852. The van der Waals surface area contributed by atoms with Gasteiger partial charge in [0.05, 0.1) is 22.2 Å². The normalized spacial score (nSPS) is 19.2. The summed E-state index contributed by atoms with van der Waals surface area (Å²) in [4.78, 5) is 28.1. The molecule has 0 spiro atoms. The molecule has 37 heavy (non-hydrogen) atoms. The highest BCUT2D eigenvalue weighted by Gasteiger charge is 2.48. The molecule has 13 heteroatoms. The van der Waals surface area contributed by atoms with Crippen molar-refractivity contribution in [3.8, 4) is 0 Å². The number of halogens is 4. The Morgan fingerprint density at radius 3 is 2.73 bits per heavy atom. The number of alkyl halides is 3. The first-order valence-electron chi connectivity index (χ1n) is 11.9. The minimum Gasteiger partial charge on any atom is -0.459 e. The smallest absolute Gasteiger partial charge is 0.410 e. The number of esters is 1. The fourth-order valence-corrected chi connectivity index (χ4v) is 7.33. The Morgan fingerprint density at radius 2 is 2.05 bits per heavy atom. The van der Waals surface area contributed by atoms with Gasteiger partial charge in [0.1, 0.15) is 10.8 Å². The zero-order valence-electron chi connectivity index (χ0n) is 19.9. The Hall–Kier alpha value is -2.38. The number of carbonyl (C=O) groups excluding carboxylic acids is 2. The average Bonchev–Trinajstić information content (AvgIpc) is 3.55. The molecule has 0 radical (unpaired) electrons. The number of carbonyl (C=O) groups is 2. The van der Waals surface area contributed by atoms with Crippen LogP contribution in [0.15, 0.2) is 22.0 Å². The lowest BCUT2D eigenvalue weighted by atomic mass is 9.95. The molecule has 2 atom stereocenters. The molecular formula is C24H24BrF3N4O3S2. The molecule has 2 aliphatic rings. The van der Waals surface area contributed by atoms with Gasteiger partial charge in [0.25, 0.3) is 5.91 Å². The van der Waals surface area contributed by atoms with E-state index in [0.717, 1.165) is 39.3 Å². The highest BCUT2D eigenvalue weighted by Crippen LogP contribution is 2.47. The molecule has 0 aromatic carbocycles. The van der Waals surface area contributed by atoms with Gasteiger partial charge in [0.15, 0.2) is 11.7 Å². The fourth-order valence-electron chi connectivity index (χ4n) is 4.72. The number of aryl methyl sites for hydroxylation is 1. The molecule has 0 fully saturated rings. The molecule has 0 unspecified atom stereocenters. The van der Waals surface area contributed by atoms with Crippen LogP contribution in [0.4, 0.5) is 24.0 Å². The van der Waals surface area contributed by atoms with E-state index < -0.39 is 30.1 Å². The molecule has 1 aliphatic heterocycles. The number of anilines is 2. The average molecular weight is 618 g/mol. The van der Waals surface area contributed by atoms with E-state index in [9.17, 15) is 22.8 Å². The quantitative estimate of drug-likeness (QED) is 0.298. The van der Waals surface area contributed by atoms with Gasteiger partial charge in [0, 0.05) is 16.2 Å². The fraction of sp³-hybridized carbons (Fsp3) is 0.458. The molecule has 198 valence electrons. The van der Waals surface area contributed by atoms with Gasteiger partial charge in [-0.05, 0) is 72.5 Å². The van der Waals surface area contributed by atoms with Crippen molar-refractivity contribution in [1.82, 2.24) is 9.78 Å². The van der Waals surface area contributed by atoms with E-state index in [4.69, 9.17) is 4.74 Å². The number of rotatable bonds is 5. The van der Waals surface area contributed by atoms with Crippen molar-refractivity contribution in [2.45, 2.75) is 70.3 Å². The topological polar surface area (TPSA) is 85.2 Å². The molecule has 1 aliphatic carbocycles. The number of fused-ring (bicyclic) bond motifs is 2. The van der Waals surface area contributed by atoms with Crippen LogP contribution in [0.1, 0.15) is 81.4 Å². The Balaban J connectivity index is 1.49. The van der Waals surface area contributed by atoms with Gasteiger partial charge in [0.2, 0.25) is 0 Å². The number of hydrogen-bond donors (Lipinski definition) is 2. The number of aromatic nitrogens is 2. The second-order valence-corrected chi connectivity index (χ2v) is 12.2. The van der Waals surface area contributed by atoms with Crippen molar-refractivity contribution in [3.05, 3.63) is 48.6 Å². The number of nitrogens with zero attached hydrogens (tertiary/aromatic N) is 2. The number of hydrogen-bond acceptors (Lipinski definition) is 7. The van der Waals surface area contributed by atoms with Crippen molar-refractivity contribution >= 4 is 61.3 Å². The predicted octanol–water partition coefficient (Wildman–Crippen LogP) is 7.13. The maximum absolute atomic E-state index is 14.1. The molecule has 3 aromatic rings.